The number of carbonyl (C=O) groups excluding carboxylic acids is 4. The zero-order chi connectivity index (χ0) is 76.8. The Kier molecular flexibility index (Phi) is 21.9. The van der Waals surface area contributed by atoms with Gasteiger partial charge in [0.25, 0.3) is 23.6 Å². The summed E-state index contributed by atoms with van der Waals surface area (Å²) in [6, 6.07) is 25.9. The van der Waals surface area contributed by atoms with Crippen LogP contribution in [0.2, 0.25) is 0 Å². The van der Waals surface area contributed by atoms with Gasteiger partial charge in [0, 0.05) is 123 Å². The number of fused-ring (bicyclic) bond motifs is 8. The number of methoxy groups -OCH3 is 4. The molecular weight excluding hydrogens is 1430 g/mol. The number of hydrogen-bond acceptors (Lipinski definition) is 20. The van der Waals surface area contributed by atoms with Gasteiger partial charge < -0.3 is 67.3 Å². The van der Waals surface area contributed by atoms with E-state index >= 15 is 0 Å². The van der Waals surface area contributed by atoms with E-state index in [-0.39, 0.29) is 93.2 Å². The highest BCUT2D eigenvalue weighted by Crippen LogP contribution is 2.45. The fourth-order valence-corrected chi connectivity index (χ4v) is 15.5. The summed E-state index contributed by atoms with van der Waals surface area (Å²) in [7, 11) is 10.1. The van der Waals surface area contributed by atoms with Gasteiger partial charge in [-0.05, 0) is 143 Å². The molecule has 4 saturated heterocycles. The van der Waals surface area contributed by atoms with Gasteiger partial charge in [-0.2, -0.15) is 12.6 Å². The summed E-state index contributed by atoms with van der Waals surface area (Å²) in [5, 5.41) is 0. The van der Waals surface area contributed by atoms with Crippen LogP contribution in [0.25, 0.3) is 0 Å². The third-order valence-corrected chi connectivity index (χ3v) is 23.5. The molecule has 8 aliphatic rings. The number of ether oxygens (including phenoxy) is 8. The quantitative estimate of drug-likeness (QED) is 0.0467. The lowest BCUT2D eigenvalue weighted by Crippen LogP contribution is -2.39. The first kappa shape index (κ1) is 76.0. The van der Waals surface area contributed by atoms with E-state index in [4.69, 9.17) is 61.7 Å². The number of hydrogen-bond donors (Lipinski definition) is 1. The number of nitrogens with zero attached hydrogens (tertiary/aromatic N) is 10. The third-order valence-electron chi connectivity index (χ3n) is 20.4. The SMILES string of the molecule is C=C1C[C@H]2C=Nc3cc(OCc4cc(COc5cc6c(cc5OC)C(=O)N5CC(=C)C[C@H]5C=N6)cc(N(C)CC(C)(C)S(C)=S)c4)c(OC)cc3C(=O)N2C1.C=C1C[C@H]2C=Nc3cc(OCc4cc(COc5cc6c(cc5OC)C(=O)N5CC(=C)C[C@H]5C=N6)cc(N(C)CC(C)(C)S)c4)c(OC)cc3C(=O)N2C1. The lowest BCUT2D eigenvalue weighted by Gasteiger charge is -2.32. The van der Waals surface area contributed by atoms with E-state index < -0.39 is 0 Å². The normalized spacial score (nSPS) is 19.1. The smallest absolute Gasteiger partial charge is 0.257 e. The molecule has 6 aromatic rings. The van der Waals surface area contributed by atoms with Crippen molar-refractivity contribution in [1.29, 1.82) is 0 Å². The molecule has 108 heavy (non-hydrogen) atoms. The minimum absolute atomic E-state index is 0.0990. The van der Waals surface area contributed by atoms with Gasteiger partial charge in [-0.1, -0.05) is 59.8 Å². The van der Waals surface area contributed by atoms with Crippen LogP contribution in [0.4, 0.5) is 34.1 Å². The van der Waals surface area contributed by atoms with Gasteiger partial charge in [-0.15, -0.1) is 9.45 Å². The second-order valence-corrected chi connectivity index (χ2v) is 34.6. The Labute approximate surface area is 644 Å². The van der Waals surface area contributed by atoms with Crippen molar-refractivity contribution in [1.82, 2.24) is 19.6 Å². The summed E-state index contributed by atoms with van der Waals surface area (Å²) in [6.07, 6.45) is 12.2. The molecule has 5 atom stereocenters. The van der Waals surface area contributed by atoms with Crippen LogP contribution in [0.3, 0.4) is 0 Å². The topological polar surface area (TPSA) is 211 Å². The van der Waals surface area contributed by atoms with Crippen LogP contribution in [0.5, 0.6) is 46.0 Å². The zero-order valence-corrected chi connectivity index (χ0v) is 65.6. The summed E-state index contributed by atoms with van der Waals surface area (Å²) in [4.78, 5) is 84.2. The van der Waals surface area contributed by atoms with Gasteiger partial charge in [-0.3, -0.25) is 39.1 Å². The Balaban J connectivity index is 0.000000191. The fourth-order valence-electron chi connectivity index (χ4n) is 14.7. The molecule has 25 heteroatoms. The largest absolute Gasteiger partial charge is 0.493 e. The molecular formula is C83H92N10O12S3. The van der Waals surface area contributed by atoms with Crippen LogP contribution in [0.1, 0.15) is 117 Å². The predicted octanol–water partition coefficient (Wildman–Crippen LogP) is 13.7. The molecule has 0 aromatic heterocycles. The van der Waals surface area contributed by atoms with E-state index in [1.807, 2.05) is 44.0 Å². The van der Waals surface area contributed by atoms with Gasteiger partial charge in [0.2, 0.25) is 0 Å². The average Bonchev–Trinajstić information content (AvgIpc) is 1.62. The second kappa shape index (κ2) is 31.2. The molecule has 0 saturated carbocycles. The Morgan fingerprint density at radius 3 is 0.907 bits per heavy atom. The van der Waals surface area contributed by atoms with Gasteiger partial charge in [0.05, 0.1) is 97.6 Å². The van der Waals surface area contributed by atoms with Crippen molar-refractivity contribution in [2.24, 2.45) is 20.0 Å². The molecule has 0 bridgehead atoms. The summed E-state index contributed by atoms with van der Waals surface area (Å²) in [6.45, 7) is 29.1. The molecule has 1 unspecified atom stereocenters. The van der Waals surface area contributed by atoms with Crippen LogP contribution < -0.4 is 47.7 Å². The van der Waals surface area contributed by atoms with Crippen LogP contribution in [-0.4, -0.2) is 190 Å². The number of benzene rings is 6. The van der Waals surface area contributed by atoms with Crippen LogP contribution in [-0.2, 0) is 47.1 Å². The Morgan fingerprint density at radius 1 is 0.426 bits per heavy atom. The van der Waals surface area contributed by atoms with Gasteiger partial charge in [0.1, 0.15) is 26.4 Å². The Morgan fingerprint density at radius 2 is 0.676 bits per heavy atom. The fraction of sp³-hybridized carbons (Fsp3) is 0.373. The first-order valence-electron chi connectivity index (χ1n) is 35.7. The van der Waals surface area contributed by atoms with E-state index in [1.54, 1.807) is 96.6 Å². The summed E-state index contributed by atoms with van der Waals surface area (Å²) < 4.78 is 48.1. The van der Waals surface area contributed by atoms with Crippen molar-refractivity contribution in [3.8, 4) is 46.0 Å². The highest BCUT2D eigenvalue weighted by atomic mass is 32.8. The van der Waals surface area contributed by atoms with Crippen molar-refractivity contribution < 1.29 is 57.1 Å². The Hall–Kier alpha value is -10.2. The number of anilines is 2. The predicted molar refractivity (Wildman–Crippen MR) is 433 cm³/mol. The summed E-state index contributed by atoms with van der Waals surface area (Å²) >= 11 is 10.5. The number of rotatable bonds is 23. The highest BCUT2D eigenvalue weighted by Gasteiger charge is 2.39. The van der Waals surface area contributed by atoms with Crippen molar-refractivity contribution >= 4 is 116 Å². The molecule has 0 aliphatic carbocycles. The first-order valence-corrected chi connectivity index (χ1v) is 38.8. The van der Waals surface area contributed by atoms with E-state index in [9.17, 15) is 19.2 Å². The molecule has 8 aliphatic heterocycles. The molecule has 0 spiro atoms. The summed E-state index contributed by atoms with van der Waals surface area (Å²) in [5.74, 6) is 3.28. The zero-order valence-electron chi connectivity index (χ0n) is 63.1. The van der Waals surface area contributed by atoms with E-state index in [1.165, 1.54) is 0 Å². The highest BCUT2D eigenvalue weighted by molar-refractivity contribution is 8.29. The van der Waals surface area contributed by atoms with Gasteiger partial charge in [0.15, 0.2) is 46.0 Å². The van der Waals surface area contributed by atoms with Crippen molar-refractivity contribution in [2.45, 2.75) is 113 Å². The minimum Gasteiger partial charge on any atom is -0.493 e. The van der Waals surface area contributed by atoms with E-state index in [0.717, 1.165) is 62.5 Å². The Bertz CT molecular complexity index is 4580. The second-order valence-electron chi connectivity index (χ2n) is 29.9. The molecule has 0 N–H and O–H groups in total. The third kappa shape index (κ3) is 16.3. The van der Waals surface area contributed by atoms with Crippen LogP contribution >= 0.6 is 12.6 Å². The first-order chi connectivity index (χ1) is 51.5. The maximum Gasteiger partial charge on any atom is 0.257 e. The minimum atomic E-state index is -0.247. The average molecular weight is 1520 g/mol. The van der Waals surface area contributed by atoms with E-state index in [2.05, 4.69) is 121 Å². The lowest BCUT2D eigenvalue weighted by molar-refractivity contribution is 0.0769. The van der Waals surface area contributed by atoms with E-state index in [0.29, 0.717) is 149 Å². The number of aliphatic imine (C=N–C) groups is 4. The maximum absolute atomic E-state index is 13.5. The number of thiol groups is 1. The molecule has 4 fully saturated rings. The van der Waals surface area contributed by atoms with Gasteiger partial charge >= 0.3 is 0 Å². The van der Waals surface area contributed by atoms with Gasteiger partial charge in [-0.25, -0.2) is 0 Å². The molecule has 14 rings (SSSR count). The number of amides is 4. The van der Waals surface area contributed by atoms with Crippen molar-refractivity contribution in [3.05, 3.63) is 178 Å². The standard InChI is InChI=1S/C42H47N5O6S2.C41H45N5O6S/c1-25-9-30-18-43-34-16-38(36(50-6)14-32(34)40(48)46(30)20-25)52-22-27-11-28(13-29(12-27)45(5)24-42(3,4)55(8)54)23-53-39-17-35-33(15-37(39)51-7)41(49)47-21-26(2)10-31(47)19-44-35;1-24-8-29-17-42-33-15-37(35(49-6)13-31(33)39(47)45(29)19-24)51-21-26-10-27(12-28(11-26)44(5)23-41(3,4)53)22-52-38-16-34-32(14-36(38)50-7)40(48)46-20-25(2)9-30(46)18-43-34/h11-19,30-31H,1-2,9-10,20-24H2,3-8H3;10-18,29-30,53H,1-2,8-9,19-23H2,3-7H3/t30-,31-,55?;29-,30-/m00/s1. The number of carbonyl (C=O) groups is 4. The lowest BCUT2D eigenvalue weighted by atomic mass is 10.1. The molecule has 22 nitrogen and oxygen atoms in total. The maximum atomic E-state index is 13.5. The van der Waals surface area contributed by atoms with Crippen LogP contribution in [0, 0.1) is 0 Å². The van der Waals surface area contributed by atoms with Crippen LogP contribution in [0.15, 0.2) is 154 Å². The molecule has 4 amide bonds. The van der Waals surface area contributed by atoms with Crippen molar-refractivity contribution in [2.75, 3.05) is 97.9 Å². The molecule has 564 valence electrons. The van der Waals surface area contributed by atoms with Crippen molar-refractivity contribution in [3.63, 3.8) is 0 Å². The molecule has 0 radical (unpaired) electrons. The molecule has 8 heterocycles. The monoisotopic (exact) mass is 1520 g/mol. The summed E-state index contributed by atoms with van der Waals surface area (Å²) in [5.41, 5.74) is 13.6. The molecule has 6 aromatic carbocycles.